The third kappa shape index (κ3) is 3.55. The van der Waals surface area contributed by atoms with Gasteiger partial charge < -0.3 is 15.2 Å². The van der Waals surface area contributed by atoms with Crippen LogP contribution in [0.25, 0.3) is 5.65 Å². The lowest BCUT2D eigenvalue weighted by atomic mass is 10.0. The first kappa shape index (κ1) is 17.6. The monoisotopic (exact) mass is 354 g/mol. The molecule has 0 bridgehead atoms. The molecule has 8 nitrogen and oxygen atoms in total. The Bertz CT molecular complexity index is 951. The number of methoxy groups -OCH3 is 1. The second kappa shape index (κ2) is 7.75. The summed E-state index contributed by atoms with van der Waals surface area (Å²) in [6, 6.07) is 6.61. The number of aromatic nitrogens is 3. The number of carbonyl (C=O) groups is 2. The highest BCUT2D eigenvalue weighted by atomic mass is 16.5. The van der Waals surface area contributed by atoms with Crippen molar-refractivity contribution in [2.24, 2.45) is 0 Å². The first-order valence-electron chi connectivity index (χ1n) is 8.01. The zero-order chi connectivity index (χ0) is 18.5. The van der Waals surface area contributed by atoms with Crippen molar-refractivity contribution in [3.8, 4) is 5.75 Å². The van der Waals surface area contributed by atoms with Crippen molar-refractivity contribution < 1.29 is 19.4 Å². The second-order valence-electron chi connectivity index (χ2n) is 5.55. The van der Waals surface area contributed by atoms with Crippen LogP contribution >= 0.6 is 0 Å². The van der Waals surface area contributed by atoms with Gasteiger partial charge in [-0.05, 0) is 18.2 Å². The molecule has 3 aromatic rings. The van der Waals surface area contributed by atoms with Crippen molar-refractivity contribution in [1.29, 1.82) is 0 Å². The van der Waals surface area contributed by atoms with Crippen molar-refractivity contribution in [3.63, 3.8) is 0 Å². The predicted octanol–water partition coefficient (Wildman–Crippen LogP) is 0.885. The lowest BCUT2D eigenvalue weighted by Gasteiger charge is -2.10. The zero-order valence-electron chi connectivity index (χ0n) is 14.2. The average molecular weight is 354 g/mol. The molecular weight excluding hydrogens is 336 g/mol. The maximum Gasteiger partial charge on any atom is 0.251 e. The number of nitrogens with zero attached hydrogens (tertiary/aromatic N) is 3. The summed E-state index contributed by atoms with van der Waals surface area (Å²) in [7, 11) is 1.48. The van der Waals surface area contributed by atoms with E-state index < -0.39 is 0 Å². The molecule has 0 spiro atoms. The number of ketones is 1. The molecule has 0 aliphatic carbocycles. The van der Waals surface area contributed by atoms with Gasteiger partial charge in [0, 0.05) is 36.5 Å². The summed E-state index contributed by atoms with van der Waals surface area (Å²) in [6.07, 6.45) is 4.92. The Balaban J connectivity index is 1.83. The van der Waals surface area contributed by atoms with E-state index in [0.29, 0.717) is 28.1 Å². The summed E-state index contributed by atoms with van der Waals surface area (Å²) in [6.45, 7) is 0.0340. The molecule has 1 amide bonds. The molecule has 0 radical (unpaired) electrons. The smallest absolute Gasteiger partial charge is 0.251 e. The number of aliphatic hydroxyl groups excluding tert-OH is 1. The lowest BCUT2D eigenvalue weighted by Crippen LogP contribution is -2.26. The van der Waals surface area contributed by atoms with E-state index in [2.05, 4.69) is 15.4 Å². The quantitative estimate of drug-likeness (QED) is 0.610. The van der Waals surface area contributed by atoms with Crippen molar-refractivity contribution in [2.75, 3.05) is 20.3 Å². The lowest BCUT2D eigenvalue weighted by molar-refractivity contribution is 0.0944. The Morgan fingerprint density at radius 2 is 2.19 bits per heavy atom. The molecule has 0 atom stereocenters. The molecule has 1 aromatic carbocycles. The molecule has 0 saturated carbocycles. The number of carbonyl (C=O) groups excluding carboxylic acids is 2. The van der Waals surface area contributed by atoms with Gasteiger partial charge in [0.2, 0.25) is 0 Å². The number of benzene rings is 1. The molecule has 0 unspecified atom stereocenters. The second-order valence-corrected chi connectivity index (χ2v) is 5.55. The van der Waals surface area contributed by atoms with Crippen LogP contribution in [0.3, 0.4) is 0 Å². The molecule has 2 heterocycles. The number of Topliss-reactive ketones (excluding diaryl/α,β-unsaturated/α-hetero) is 1. The normalized spacial score (nSPS) is 10.7. The Labute approximate surface area is 149 Å². The summed E-state index contributed by atoms with van der Waals surface area (Å²) in [5.74, 6) is -0.0176. The van der Waals surface area contributed by atoms with Gasteiger partial charge in [-0.1, -0.05) is 6.07 Å². The first-order chi connectivity index (χ1) is 12.6. The summed E-state index contributed by atoms with van der Waals surface area (Å²) in [5.41, 5.74) is 1.98. The minimum atomic E-state index is -0.318. The SMILES string of the molecule is COc1cc(C(=O)NCCO)ccc1CC(=O)c1cnn2cccnc12. The zero-order valence-corrected chi connectivity index (χ0v) is 14.2. The highest BCUT2D eigenvalue weighted by Gasteiger charge is 2.17. The van der Waals surface area contributed by atoms with Gasteiger partial charge in [0.1, 0.15) is 5.75 Å². The number of fused-ring (bicyclic) bond motifs is 1. The molecule has 2 N–H and O–H groups in total. The highest BCUT2D eigenvalue weighted by molar-refractivity contribution is 6.02. The molecule has 0 aliphatic rings. The van der Waals surface area contributed by atoms with Crippen LogP contribution in [0.15, 0.2) is 42.9 Å². The fraction of sp³-hybridized carbons (Fsp3) is 0.222. The number of nitrogens with one attached hydrogen (secondary N) is 1. The number of hydrogen-bond acceptors (Lipinski definition) is 6. The number of aliphatic hydroxyl groups is 1. The topological polar surface area (TPSA) is 106 Å². The van der Waals surface area contributed by atoms with Crippen LogP contribution in [0.4, 0.5) is 0 Å². The van der Waals surface area contributed by atoms with E-state index in [1.807, 2.05) is 0 Å². The summed E-state index contributed by atoms with van der Waals surface area (Å²) in [5, 5.41) is 15.5. The Morgan fingerprint density at radius 3 is 2.96 bits per heavy atom. The minimum Gasteiger partial charge on any atom is -0.496 e. The van der Waals surface area contributed by atoms with E-state index in [9.17, 15) is 9.59 Å². The molecule has 134 valence electrons. The van der Waals surface area contributed by atoms with Crippen molar-refractivity contribution in [3.05, 3.63) is 59.5 Å². The van der Waals surface area contributed by atoms with Gasteiger partial charge in [0.25, 0.3) is 5.91 Å². The van der Waals surface area contributed by atoms with Crippen LogP contribution in [-0.2, 0) is 6.42 Å². The first-order valence-corrected chi connectivity index (χ1v) is 8.01. The Hall–Kier alpha value is -3.26. The van der Waals surface area contributed by atoms with Gasteiger partial charge in [-0.3, -0.25) is 9.59 Å². The minimum absolute atomic E-state index is 0.0969. The molecule has 26 heavy (non-hydrogen) atoms. The number of ether oxygens (including phenoxy) is 1. The van der Waals surface area contributed by atoms with E-state index >= 15 is 0 Å². The molecule has 0 aliphatic heterocycles. The van der Waals surface area contributed by atoms with Gasteiger partial charge in [-0.25, -0.2) is 9.50 Å². The molecule has 8 heteroatoms. The van der Waals surface area contributed by atoms with Gasteiger partial charge in [-0.15, -0.1) is 0 Å². The third-order valence-electron chi connectivity index (χ3n) is 3.88. The largest absolute Gasteiger partial charge is 0.496 e. The van der Waals surface area contributed by atoms with Crippen LogP contribution in [0, 0.1) is 0 Å². The Morgan fingerprint density at radius 1 is 1.35 bits per heavy atom. The van der Waals surface area contributed by atoms with E-state index in [1.165, 1.54) is 13.3 Å². The predicted molar refractivity (Wildman–Crippen MR) is 93.4 cm³/mol. The average Bonchev–Trinajstić information content (AvgIpc) is 3.10. The number of hydrogen-bond donors (Lipinski definition) is 2. The fourth-order valence-electron chi connectivity index (χ4n) is 2.60. The van der Waals surface area contributed by atoms with Crippen molar-refractivity contribution >= 4 is 17.3 Å². The van der Waals surface area contributed by atoms with E-state index in [-0.39, 0.29) is 31.3 Å². The highest BCUT2D eigenvalue weighted by Crippen LogP contribution is 2.23. The van der Waals surface area contributed by atoms with Crippen LogP contribution in [0.5, 0.6) is 5.75 Å². The van der Waals surface area contributed by atoms with Crippen LogP contribution in [0.2, 0.25) is 0 Å². The molecule has 0 fully saturated rings. The summed E-state index contributed by atoms with van der Waals surface area (Å²) < 4.78 is 6.87. The number of amides is 1. The van der Waals surface area contributed by atoms with Gasteiger partial charge >= 0.3 is 0 Å². The standard InChI is InChI=1S/C18H18N4O4/c1-26-16-10-13(18(25)20-6-8-23)4-3-12(16)9-15(24)14-11-21-22-7-2-5-19-17(14)22/h2-5,7,10-11,23H,6,8-9H2,1H3,(H,20,25). The van der Waals surface area contributed by atoms with Crippen LogP contribution in [-0.4, -0.2) is 51.7 Å². The molecular formula is C18H18N4O4. The van der Waals surface area contributed by atoms with E-state index in [4.69, 9.17) is 9.84 Å². The summed E-state index contributed by atoms with van der Waals surface area (Å²) in [4.78, 5) is 28.8. The molecule has 0 saturated heterocycles. The maximum atomic E-state index is 12.7. The third-order valence-corrected chi connectivity index (χ3v) is 3.88. The van der Waals surface area contributed by atoms with Crippen LogP contribution in [0.1, 0.15) is 26.3 Å². The van der Waals surface area contributed by atoms with E-state index in [0.717, 1.165) is 0 Å². The van der Waals surface area contributed by atoms with E-state index in [1.54, 1.807) is 41.2 Å². The Kier molecular flexibility index (Phi) is 5.23. The van der Waals surface area contributed by atoms with Gasteiger partial charge in [-0.2, -0.15) is 5.10 Å². The van der Waals surface area contributed by atoms with Crippen molar-refractivity contribution in [1.82, 2.24) is 19.9 Å². The van der Waals surface area contributed by atoms with Gasteiger partial charge in [0.05, 0.1) is 25.5 Å². The van der Waals surface area contributed by atoms with Crippen LogP contribution < -0.4 is 10.1 Å². The maximum absolute atomic E-state index is 12.7. The fourth-order valence-corrected chi connectivity index (χ4v) is 2.60. The number of rotatable bonds is 7. The molecule has 2 aromatic heterocycles. The molecule has 3 rings (SSSR count). The summed E-state index contributed by atoms with van der Waals surface area (Å²) >= 11 is 0. The van der Waals surface area contributed by atoms with Crippen molar-refractivity contribution in [2.45, 2.75) is 6.42 Å². The van der Waals surface area contributed by atoms with Gasteiger partial charge in [0.15, 0.2) is 11.4 Å².